The van der Waals surface area contributed by atoms with Gasteiger partial charge < -0.3 is 5.32 Å². The summed E-state index contributed by atoms with van der Waals surface area (Å²) in [4.78, 5) is 0. The first kappa shape index (κ1) is 13.2. The van der Waals surface area contributed by atoms with Crippen molar-refractivity contribution >= 4 is 0 Å². The zero-order valence-electron chi connectivity index (χ0n) is 12.1. The van der Waals surface area contributed by atoms with Crippen LogP contribution in [0.3, 0.4) is 0 Å². The molecule has 0 saturated heterocycles. The number of benzene rings is 1. The fourth-order valence-electron chi connectivity index (χ4n) is 3.71. The lowest BCUT2D eigenvalue weighted by atomic mass is 9.81. The lowest BCUT2D eigenvalue weighted by Gasteiger charge is -2.32. The highest BCUT2D eigenvalue weighted by molar-refractivity contribution is 5.20. The van der Waals surface area contributed by atoms with Gasteiger partial charge in [-0.2, -0.15) is 0 Å². The second-order valence-corrected chi connectivity index (χ2v) is 6.48. The molecule has 1 atom stereocenters. The van der Waals surface area contributed by atoms with E-state index in [0.29, 0.717) is 0 Å². The molecule has 104 valence electrons. The van der Waals surface area contributed by atoms with E-state index in [1.807, 2.05) is 0 Å². The quantitative estimate of drug-likeness (QED) is 0.819. The third-order valence-electron chi connectivity index (χ3n) is 5.08. The Morgan fingerprint density at radius 2 is 1.68 bits per heavy atom. The van der Waals surface area contributed by atoms with Gasteiger partial charge in [-0.05, 0) is 62.3 Å². The molecule has 0 aliphatic heterocycles. The summed E-state index contributed by atoms with van der Waals surface area (Å²) >= 11 is 0. The maximum Gasteiger partial charge on any atom is 0.00952 e. The Kier molecular flexibility index (Phi) is 4.22. The van der Waals surface area contributed by atoms with Crippen LogP contribution in [-0.2, 0) is 0 Å². The molecule has 0 spiro atoms. The summed E-state index contributed by atoms with van der Waals surface area (Å²) in [5.41, 5.74) is 1.55. The van der Waals surface area contributed by atoms with Gasteiger partial charge in [-0.15, -0.1) is 0 Å². The fraction of sp³-hybridized carbons (Fsp3) is 0.667. The highest BCUT2D eigenvalue weighted by atomic mass is 15.0. The third kappa shape index (κ3) is 3.39. The minimum absolute atomic E-state index is 0.783. The van der Waals surface area contributed by atoms with Gasteiger partial charge in [0, 0.05) is 12.1 Å². The zero-order chi connectivity index (χ0) is 13.1. The van der Waals surface area contributed by atoms with Gasteiger partial charge in [0.2, 0.25) is 0 Å². The Morgan fingerprint density at radius 3 is 2.26 bits per heavy atom. The molecule has 0 aromatic heterocycles. The van der Waals surface area contributed by atoms with Gasteiger partial charge in [-0.1, -0.05) is 37.3 Å². The number of hydrogen-bond donors (Lipinski definition) is 1. The van der Waals surface area contributed by atoms with E-state index >= 15 is 0 Å². The molecular formula is C18H27N. The Hall–Kier alpha value is -0.820. The predicted molar refractivity (Wildman–Crippen MR) is 81.4 cm³/mol. The summed E-state index contributed by atoms with van der Waals surface area (Å²) < 4.78 is 0. The molecule has 0 radical (unpaired) electrons. The molecule has 2 aliphatic carbocycles. The molecule has 1 aromatic rings. The SMILES string of the molecule is CCC(NC1CCC(c2ccccc2)CC1)C1CC1. The van der Waals surface area contributed by atoms with E-state index in [-0.39, 0.29) is 0 Å². The van der Waals surface area contributed by atoms with E-state index in [0.717, 1.165) is 23.9 Å². The molecule has 0 amide bonds. The van der Waals surface area contributed by atoms with Crippen molar-refractivity contribution in [3.05, 3.63) is 35.9 Å². The van der Waals surface area contributed by atoms with Crippen molar-refractivity contribution < 1.29 is 0 Å². The topological polar surface area (TPSA) is 12.0 Å². The standard InChI is InChI=1S/C18H27N/c1-2-18(16-8-9-16)19-17-12-10-15(11-13-17)14-6-4-3-5-7-14/h3-7,15-19H,2,8-13H2,1H3. The number of rotatable bonds is 5. The van der Waals surface area contributed by atoms with Crippen molar-refractivity contribution in [2.75, 3.05) is 0 Å². The van der Waals surface area contributed by atoms with E-state index in [4.69, 9.17) is 0 Å². The van der Waals surface area contributed by atoms with Crippen LogP contribution in [0.2, 0.25) is 0 Å². The fourth-order valence-corrected chi connectivity index (χ4v) is 3.71. The van der Waals surface area contributed by atoms with Crippen LogP contribution in [0.1, 0.15) is 63.4 Å². The summed E-state index contributed by atoms with van der Waals surface area (Å²) in [5.74, 6) is 1.80. The molecule has 2 saturated carbocycles. The molecule has 1 heteroatoms. The minimum atomic E-state index is 0.783. The van der Waals surface area contributed by atoms with Gasteiger partial charge in [0.25, 0.3) is 0 Å². The van der Waals surface area contributed by atoms with Crippen molar-refractivity contribution in [3.63, 3.8) is 0 Å². The molecule has 19 heavy (non-hydrogen) atoms. The normalized spacial score (nSPS) is 29.1. The Bertz CT molecular complexity index is 374. The molecule has 1 nitrogen and oxygen atoms in total. The third-order valence-corrected chi connectivity index (χ3v) is 5.08. The van der Waals surface area contributed by atoms with E-state index < -0.39 is 0 Å². The van der Waals surface area contributed by atoms with Crippen LogP contribution >= 0.6 is 0 Å². The highest BCUT2D eigenvalue weighted by Crippen LogP contribution is 2.36. The average Bonchev–Trinajstić information content (AvgIpc) is 3.31. The number of nitrogens with one attached hydrogen (secondary N) is 1. The summed E-state index contributed by atoms with van der Waals surface area (Å²) in [6, 6.07) is 12.7. The molecule has 1 unspecified atom stereocenters. The van der Waals surface area contributed by atoms with Crippen molar-refractivity contribution in [1.29, 1.82) is 0 Å². The van der Waals surface area contributed by atoms with Crippen LogP contribution in [0.5, 0.6) is 0 Å². The van der Waals surface area contributed by atoms with Crippen LogP contribution in [0.15, 0.2) is 30.3 Å². The van der Waals surface area contributed by atoms with Gasteiger partial charge >= 0.3 is 0 Å². The van der Waals surface area contributed by atoms with E-state index in [1.54, 1.807) is 5.56 Å². The average molecular weight is 257 g/mol. The lowest BCUT2D eigenvalue weighted by molar-refractivity contribution is 0.297. The molecule has 3 rings (SSSR count). The highest BCUT2D eigenvalue weighted by Gasteiger charge is 2.32. The Morgan fingerprint density at radius 1 is 1.00 bits per heavy atom. The summed E-state index contributed by atoms with van der Waals surface area (Å²) in [5, 5.41) is 3.94. The Balaban J connectivity index is 1.49. The van der Waals surface area contributed by atoms with E-state index in [9.17, 15) is 0 Å². The molecule has 2 fully saturated rings. The van der Waals surface area contributed by atoms with Gasteiger partial charge in [-0.25, -0.2) is 0 Å². The second kappa shape index (κ2) is 6.09. The Labute approximate surface area is 117 Å². The van der Waals surface area contributed by atoms with Crippen molar-refractivity contribution in [2.45, 2.75) is 69.9 Å². The van der Waals surface area contributed by atoms with Crippen LogP contribution in [0.25, 0.3) is 0 Å². The second-order valence-electron chi connectivity index (χ2n) is 6.48. The van der Waals surface area contributed by atoms with Gasteiger partial charge in [0.05, 0.1) is 0 Å². The van der Waals surface area contributed by atoms with Crippen LogP contribution < -0.4 is 5.32 Å². The molecule has 1 N–H and O–H groups in total. The summed E-state index contributed by atoms with van der Waals surface area (Å²) in [7, 11) is 0. The molecular weight excluding hydrogens is 230 g/mol. The molecule has 0 bridgehead atoms. The maximum atomic E-state index is 3.94. The maximum absolute atomic E-state index is 3.94. The zero-order valence-corrected chi connectivity index (χ0v) is 12.1. The van der Waals surface area contributed by atoms with Gasteiger partial charge in [0.1, 0.15) is 0 Å². The molecule has 1 aromatic carbocycles. The van der Waals surface area contributed by atoms with Crippen molar-refractivity contribution in [1.82, 2.24) is 5.32 Å². The van der Waals surface area contributed by atoms with Gasteiger partial charge in [0.15, 0.2) is 0 Å². The smallest absolute Gasteiger partial charge is 0.00952 e. The summed E-state index contributed by atoms with van der Waals surface area (Å²) in [6.07, 6.45) is 9.69. The first-order valence-electron chi connectivity index (χ1n) is 8.17. The molecule has 2 aliphatic rings. The van der Waals surface area contributed by atoms with Crippen molar-refractivity contribution in [3.8, 4) is 0 Å². The van der Waals surface area contributed by atoms with Gasteiger partial charge in [-0.3, -0.25) is 0 Å². The summed E-state index contributed by atoms with van der Waals surface area (Å²) in [6.45, 7) is 2.34. The monoisotopic (exact) mass is 257 g/mol. The van der Waals surface area contributed by atoms with E-state index in [1.165, 1.54) is 44.9 Å². The predicted octanol–water partition coefficient (Wildman–Crippen LogP) is 4.49. The van der Waals surface area contributed by atoms with E-state index in [2.05, 4.69) is 42.6 Å². The van der Waals surface area contributed by atoms with Crippen LogP contribution in [0.4, 0.5) is 0 Å². The van der Waals surface area contributed by atoms with Crippen LogP contribution in [-0.4, -0.2) is 12.1 Å². The lowest BCUT2D eigenvalue weighted by Crippen LogP contribution is -2.41. The minimum Gasteiger partial charge on any atom is -0.311 e. The first-order chi connectivity index (χ1) is 9.36. The molecule has 0 heterocycles. The number of hydrogen-bond acceptors (Lipinski definition) is 1. The largest absolute Gasteiger partial charge is 0.311 e. The van der Waals surface area contributed by atoms with Crippen molar-refractivity contribution in [2.24, 2.45) is 5.92 Å². The van der Waals surface area contributed by atoms with Crippen LogP contribution in [0, 0.1) is 5.92 Å². The first-order valence-corrected chi connectivity index (χ1v) is 8.17.